The van der Waals surface area contributed by atoms with Gasteiger partial charge in [-0.15, -0.1) is 10.2 Å². The SMILES string of the molecule is Cc1occc1-c1nnc(SCC(=O)NC(C)(C)CC(C)(C)C)o1. The van der Waals surface area contributed by atoms with Crippen molar-refractivity contribution in [1.82, 2.24) is 15.5 Å². The molecule has 2 aromatic rings. The minimum atomic E-state index is -0.260. The summed E-state index contributed by atoms with van der Waals surface area (Å²) in [6, 6.07) is 1.78. The molecule has 7 heteroatoms. The number of carbonyl (C=O) groups is 1. The lowest BCUT2D eigenvalue weighted by Gasteiger charge is -2.33. The number of hydrogen-bond acceptors (Lipinski definition) is 6. The molecule has 0 aliphatic rings. The summed E-state index contributed by atoms with van der Waals surface area (Å²) in [5.74, 6) is 1.31. The smallest absolute Gasteiger partial charge is 0.277 e. The number of thioether (sulfide) groups is 1. The third-order valence-corrected chi connectivity index (χ3v) is 4.09. The Balaban J connectivity index is 1.89. The second kappa shape index (κ2) is 7.01. The Labute approximate surface area is 146 Å². The van der Waals surface area contributed by atoms with Crippen LogP contribution in [-0.2, 0) is 4.79 Å². The van der Waals surface area contributed by atoms with Crippen LogP contribution >= 0.6 is 11.8 Å². The highest BCUT2D eigenvalue weighted by atomic mass is 32.2. The van der Waals surface area contributed by atoms with Gasteiger partial charge in [-0.1, -0.05) is 32.5 Å². The van der Waals surface area contributed by atoms with E-state index < -0.39 is 0 Å². The standard InChI is InChI=1S/C17H25N3O3S/c1-11-12(7-8-22-11)14-19-20-15(23-14)24-9-13(21)18-17(5,6)10-16(2,3)4/h7-8H,9-10H2,1-6H3,(H,18,21). The zero-order chi connectivity index (χ0) is 18.0. The van der Waals surface area contributed by atoms with Gasteiger partial charge < -0.3 is 14.2 Å². The lowest BCUT2D eigenvalue weighted by atomic mass is 9.82. The van der Waals surface area contributed by atoms with Crippen molar-refractivity contribution in [3.05, 3.63) is 18.1 Å². The summed E-state index contributed by atoms with van der Waals surface area (Å²) in [4.78, 5) is 12.2. The summed E-state index contributed by atoms with van der Waals surface area (Å²) in [5, 5.41) is 11.4. The van der Waals surface area contributed by atoms with E-state index in [-0.39, 0.29) is 22.6 Å². The second-order valence-electron chi connectivity index (χ2n) is 7.72. The van der Waals surface area contributed by atoms with Crippen molar-refractivity contribution in [2.75, 3.05) is 5.75 Å². The second-order valence-corrected chi connectivity index (χ2v) is 8.65. The predicted molar refractivity (Wildman–Crippen MR) is 93.8 cm³/mol. The van der Waals surface area contributed by atoms with Gasteiger partial charge in [0.05, 0.1) is 17.6 Å². The number of amides is 1. The van der Waals surface area contributed by atoms with Crippen LogP contribution in [0.2, 0.25) is 0 Å². The molecule has 0 fully saturated rings. The Hall–Kier alpha value is -1.76. The Kier molecular flexibility index (Phi) is 5.42. The summed E-state index contributed by atoms with van der Waals surface area (Å²) in [6.45, 7) is 12.4. The van der Waals surface area contributed by atoms with Crippen molar-refractivity contribution in [2.24, 2.45) is 5.41 Å². The Morgan fingerprint density at radius 2 is 1.96 bits per heavy atom. The highest BCUT2D eigenvalue weighted by Gasteiger charge is 2.27. The number of nitrogens with zero attached hydrogens (tertiary/aromatic N) is 2. The molecular formula is C17H25N3O3S. The van der Waals surface area contributed by atoms with Gasteiger partial charge in [-0.2, -0.15) is 0 Å². The third-order valence-electron chi connectivity index (χ3n) is 3.27. The molecule has 0 aliphatic carbocycles. The van der Waals surface area contributed by atoms with Gasteiger partial charge in [0.2, 0.25) is 5.91 Å². The van der Waals surface area contributed by atoms with Gasteiger partial charge in [-0.05, 0) is 38.7 Å². The molecule has 0 atom stereocenters. The first-order valence-corrected chi connectivity index (χ1v) is 8.86. The number of rotatable bonds is 6. The fourth-order valence-electron chi connectivity index (χ4n) is 2.89. The molecule has 6 nitrogen and oxygen atoms in total. The van der Waals surface area contributed by atoms with Crippen LogP contribution in [-0.4, -0.2) is 27.4 Å². The highest BCUT2D eigenvalue weighted by molar-refractivity contribution is 7.99. The molecule has 1 N–H and O–H groups in total. The topological polar surface area (TPSA) is 81.2 Å². The molecule has 2 rings (SSSR count). The lowest BCUT2D eigenvalue weighted by molar-refractivity contribution is -0.120. The third kappa shape index (κ3) is 5.40. The Morgan fingerprint density at radius 1 is 1.25 bits per heavy atom. The van der Waals surface area contributed by atoms with Crippen molar-refractivity contribution >= 4 is 17.7 Å². The average Bonchev–Trinajstić information content (AvgIpc) is 3.01. The highest BCUT2D eigenvalue weighted by Crippen LogP contribution is 2.28. The van der Waals surface area contributed by atoms with Crippen molar-refractivity contribution in [2.45, 2.75) is 58.7 Å². The van der Waals surface area contributed by atoms with Crippen LogP contribution in [0.3, 0.4) is 0 Å². The van der Waals surface area contributed by atoms with Gasteiger partial charge in [-0.25, -0.2) is 0 Å². The van der Waals surface area contributed by atoms with Gasteiger partial charge >= 0.3 is 0 Å². The van der Waals surface area contributed by atoms with Crippen LogP contribution in [0.4, 0.5) is 0 Å². The van der Waals surface area contributed by atoms with Gasteiger partial charge in [0, 0.05) is 5.54 Å². The number of hydrogen-bond donors (Lipinski definition) is 1. The fourth-order valence-corrected chi connectivity index (χ4v) is 3.46. The minimum Gasteiger partial charge on any atom is -0.469 e. The number of aryl methyl sites for hydroxylation is 1. The van der Waals surface area contributed by atoms with Gasteiger partial charge in [0.25, 0.3) is 11.1 Å². The van der Waals surface area contributed by atoms with Crippen LogP contribution in [0.25, 0.3) is 11.5 Å². The zero-order valence-corrected chi connectivity index (χ0v) is 15.9. The predicted octanol–water partition coefficient (Wildman–Crippen LogP) is 4.06. The molecule has 2 heterocycles. The molecule has 0 saturated heterocycles. The van der Waals surface area contributed by atoms with Gasteiger partial charge in [-0.3, -0.25) is 4.79 Å². The summed E-state index contributed by atoms with van der Waals surface area (Å²) in [6.07, 6.45) is 2.47. The molecule has 1 amide bonds. The summed E-state index contributed by atoms with van der Waals surface area (Å²) in [5.41, 5.74) is 0.655. The first-order chi connectivity index (χ1) is 11.1. The summed E-state index contributed by atoms with van der Waals surface area (Å²) in [7, 11) is 0. The van der Waals surface area contributed by atoms with Crippen molar-refractivity contribution in [3.63, 3.8) is 0 Å². The minimum absolute atomic E-state index is 0.0477. The number of carbonyl (C=O) groups excluding carboxylic acids is 1. The van der Waals surface area contributed by atoms with E-state index in [2.05, 4.69) is 36.3 Å². The van der Waals surface area contributed by atoms with E-state index in [1.807, 2.05) is 20.8 Å². The molecule has 132 valence electrons. The number of nitrogens with one attached hydrogen (secondary N) is 1. The van der Waals surface area contributed by atoms with Crippen LogP contribution in [0.15, 0.2) is 26.4 Å². The van der Waals surface area contributed by atoms with E-state index in [9.17, 15) is 4.79 Å². The van der Waals surface area contributed by atoms with E-state index in [1.165, 1.54) is 11.8 Å². The van der Waals surface area contributed by atoms with Crippen LogP contribution in [0, 0.1) is 12.3 Å². The van der Waals surface area contributed by atoms with Crippen LogP contribution in [0.5, 0.6) is 0 Å². The van der Waals surface area contributed by atoms with Crippen molar-refractivity contribution in [3.8, 4) is 11.5 Å². The molecule has 2 aromatic heterocycles. The van der Waals surface area contributed by atoms with E-state index >= 15 is 0 Å². The first-order valence-electron chi connectivity index (χ1n) is 7.87. The summed E-state index contributed by atoms with van der Waals surface area (Å²) < 4.78 is 10.8. The molecule has 24 heavy (non-hydrogen) atoms. The van der Waals surface area contributed by atoms with Crippen LogP contribution < -0.4 is 5.32 Å². The molecular weight excluding hydrogens is 326 g/mol. The molecule has 0 aromatic carbocycles. The van der Waals surface area contributed by atoms with Gasteiger partial charge in [0.15, 0.2) is 0 Å². The largest absolute Gasteiger partial charge is 0.469 e. The molecule has 0 bridgehead atoms. The quantitative estimate of drug-likeness (QED) is 0.790. The summed E-state index contributed by atoms with van der Waals surface area (Å²) >= 11 is 1.23. The Morgan fingerprint density at radius 3 is 2.54 bits per heavy atom. The average molecular weight is 351 g/mol. The number of aromatic nitrogens is 2. The van der Waals surface area contributed by atoms with E-state index in [0.717, 1.165) is 17.7 Å². The van der Waals surface area contributed by atoms with E-state index in [1.54, 1.807) is 12.3 Å². The zero-order valence-electron chi connectivity index (χ0n) is 15.1. The van der Waals surface area contributed by atoms with Crippen molar-refractivity contribution < 1.29 is 13.6 Å². The normalized spacial score (nSPS) is 12.4. The van der Waals surface area contributed by atoms with E-state index in [0.29, 0.717) is 11.1 Å². The molecule has 0 radical (unpaired) electrons. The molecule has 0 aliphatic heterocycles. The molecule has 0 spiro atoms. The Bertz CT molecular complexity index is 698. The molecule has 0 unspecified atom stereocenters. The molecule has 0 saturated carbocycles. The fraction of sp³-hybridized carbons (Fsp3) is 0.588. The van der Waals surface area contributed by atoms with Crippen LogP contribution in [0.1, 0.15) is 46.8 Å². The maximum absolute atomic E-state index is 12.2. The van der Waals surface area contributed by atoms with Gasteiger partial charge in [0.1, 0.15) is 5.76 Å². The first kappa shape index (κ1) is 18.6. The number of furan rings is 1. The van der Waals surface area contributed by atoms with E-state index in [4.69, 9.17) is 8.83 Å². The maximum Gasteiger partial charge on any atom is 0.277 e. The lowest BCUT2D eigenvalue weighted by Crippen LogP contribution is -2.46. The monoisotopic (exact) mass is 351 g/mol. The van der Waals surface area contributed by atoms with Crippen molar-refractivity contribution in [1.29, 1.82) is 0 Å². The maximum atomic E-state index is 12.2.